The summed E-state index contributed by atoms with van der Waals surface area (Å²) < 4.78 is 0. The van der Waals surface area contributed by atoms with Gasteiger partial charge in [0, 0.05) is 5.92 Å². The second-order valence-electron chi connectivity index (χ2n) is 10.3. The summed E-state index contributed by atoms with van der Waals surface area (Å²) in [6.45, 7) is 9.45. The van der Waals surface area contributed by atoms with E-state index < -0.39 is 0 Å². The van der Waals surface area contributed by atoms with Crippen LogP contribution in [0.15, 0.2) is 0 Å². The van der Waals surface area contributed by atoms with Gasteiger partial charge in [-0.3, -0.25) is 4.79 Å². The first-order chi connectivity index (χ1) is 10.9. The summed E-state index contributed by atoms with van der Waals surface area (Å²) in [7, 11) is 0. The summed E-state index contributed by atoms with van der Waals surface area (Å²) in [4.78, 5) is 12.2. The first kappa shape index (κ1) is 16.2. The van der Waals surface area contributed by atoms with Crippen molar-refractivity contribution in [1.82, 2.24) is 0 Å². The summed E-state index contributed by atoms with van der Waals surface area (Å²) in [5, 5.41) is 0. The van der Waals surface area contributed by atoms with Crippen LogP contribution in [-0.4, -0.2) is 5.78 Å². The summed E-state index contributed by atoms with van der Waals surface area (Å²) >= 11 is 0. The minimum absolute atomic E-state index is 0.332. The van der Waals surface area contributed by atoms with Gasteiger partial charge in [-0.05, 0) is 98.7 Å². The van der Waals surface area contributed by atoms with Crippen LogP contribution in [0, 0.1) is 46.3 Å². The number of carbonyl (C=O) groups excluding carboxylic acids is 1. The normalized spacial score (nSPS) is 55.7. The molecule has 0 N–H and O–H groups in total. The number of fused-ring (bicyclic) bond motifs is 5. The number of ketones is 1. The molecule has 4 aliphatic rings. The Kier molecular flexibility index (Phi) is 3.75. The maximum absolute atomic E-state index is 12.2. The summed E-state index contributed by atoms with van der Waals surface area (Å²) in [5.41, 5.74) is 0.948. The monoisotopic (exact) mass is 316 g/mol. The van der Waals surface area contributed by atoms with Gasteiger partial charge in [0.05, 0.1) is 0 Å². The number of hydrogen-bond donors (Lipinski definition) is 0. The molecule has 8 atom stereocenters. The second-order valence-corrected chi connectivity index (χ2v) is 10.3. The van der Waals surface area contributed by atoms with E-state index in [1.165, 1.54) is 57.8 Å². The van der Waals surface area contributed by atoms with Gasteiger partial charge in [-0.25, -0.2) is 0 Å². The molecule has 0 aliphatic heterocycles. The Morgan fingerprint density at radius 3 is 2.30 bits per heavy atom. The number of Topliss-reactive ketones (excluding diaryl/α,β-unsaturated/α-hetero) is 1. The van der Waals surface area contributed by atoms with Gasteiger partial charge >= 0.3 is 0 Å². The Morgan fingerprint density at radius 2 is 1.57 bits per heavy atom. The summed E-state index contributed by atoms with van der Waals surface area (Å²) in [6, 6.07) is 0. The van der Waals surface area contributed by atoms with Gasteiger partial charge in [-0.15, -0.1) is 0 Å². The summed E-state index contributed by atoms with van der Waals surface area (Å²) in [6.07, 6.45) is 12.6. The van der Waals surface area contributed by atoms with E-state index in [0.717, 1.165) is 29.6 Å². The Labute approximate surface area is 143 Å². The molecule has 0 saturated heterocycles. The molecule has 4 aliphatic carbocycles. The molecule has 130 valence electrons. The smallest absolute Gasteiger partial charge is 0.133 e. The molecule has 0 aromatic rings. The highest BCUT2D eigenvalue weighted by molar-refractivity contribution is 5.79. The molecule has 0 radical (unpaired) electrons. The molecule has 0 aromatic carbocycles. The summed E-state index contributed by atoms with van der Waals surface area (Å²) in [5.74, 6) is 5.50. The van der Waals surface area contributed by atoms with Crippen molar-refractivity contribution in [2.75, 3.05) is 0 Å². The first-order valence-corrected chi connectivity index (χ1v) is 10.4. The van der Waals surface area contributed by atoms with E-state index >= 15 is 0 Å². The first-order valence-electron chi connectivity index (χ1n) is 10.4. The van der Waals surface area contributed by atoms with Gasteiger partial charge in [0.15, 0.2) is 0 Å². The standard InChI is InChI=1S/C22H36O/c1-14-9-11-21(3)16(13-14)5-6-17-19-8-7-18(15(2)23)22(19,4)12-10-20(17)21/h14,16-20H,5-13H2,1-4H3/t14-,16+,17?,18-,19?,20?,21+,22-/m1/s1. The molecule has 4 fully saturated rings. The number of rotatable bonds is 1. The minimum atomic E-state index is 0.332. The lowest BCUT2D eigenvalue weighted by Gasteiger charge is -2.61. The van der Waals surface area contributed by atoms with E-state index in [2.05, 4.69) is 20.8 Å². The van der Waals surface area contributed by atoms with Gasteiger partial charge in [-0.2, -0.15) is 0 Å². The third-order valence-electron chi connectivity index (χ3n) is 9.42. The molecule has 0 aromatic heterocycles. The van der Waals surface area contributed by atoms with E-state index in [4.69, 9.17) is 0 Å². The van der Waals surface area contributed by atoms with Crippen LogP contribution in [0.2, 0.25) is 0 Å². The molecule has 4 rings (SSSR count). The highest BCUT2D eigenvalue weighted by atomic mass is 16.1. The van der Waals surface area contributed by atoms with Gasteiger partial charge in [0.25, 0.3) is 0 Å². The van der Waals surface area contributed by atoms with Crippen molar-refractivity contribution in [1.29, 1.82) is 0 Å². The van der Waals surface area contributed by atoms with Crippen molar-refractivity contribution in [2.24, 2.45) is 46.3 Å². The SMILES string of the molecule is CC(=O)[C@H]1CCC2C3CC[C@H]4C[C@H](C)CC[C@]4(C)C3CC[C@@]21C. The van der Waals surface area contributed by atoms with Crippen molar-refractivity contribution in [3.8, 4) is 0 Å². The lowest BCUT2D eigenvalue weighted by Crippen LogP contribution is -2.53. The minimum Gasteiger partial charge on any atom is -0.300 e. The van der Waals surface area contributed by atoms with Crippen molar-refractivity contribution in [2.45, 2.75) is 85.5 Å². The van der Waals surface area contributed by atoms with E-state index in [1.54, 1.807) is 0 Å². The van der Waals surface area contributed by atoms with Crippen LogP contribution in [0.25, 0.3) is 0 Å². The topological polar surface area (TPSA) is 17.1 Å². The predicted octanol–water partition coefficient (Wildman–Crippen LogP) is 5.87. The average molecular weight is 317 g/mol. The van der Waals surface area contributed by atoms with Crippen LogP contribution in [-0.2, 0) is 4.79 Å². The predicted molar refractivity (Wildman–Crippen MR) is 95.1 cm³/mol. The van der Waals surface area contributed by atoms with E-state index in [9.17, 15) is 4.79 Å². The van der Waals surface area contributed by atoms with Crippen LogP contribution in [0.3, 0.4) is 0 Å². The zero-order valence-electron chi connectivity index (χ0n) is 15.7. The van der Waals surface area contributed by atoms with Gasteiger partial charge in [0.2, 0.25) is 0 Å². The van der Waals surface area contributed by atoms with Crippen LogP contribution < -0.4 is 0 Å². The molecule has 0 heterocycles. The fourth-order valence-electron chi connectivity index (χ4n) is 8.14. The highest BCUT2D eigenvalue weighted by Gasteiger charge is 2.60. The fourth-order valence-corrected chi connectivity index (χ4v) is 8.14. The molecule has 0 bridgehead atoms. The third kappa shape index (κ3) is 2.20. The molecule has 0 spiro atoms. The van der Waals surface area contributed by atoms with Crippen molar-refractivity contribution in [3.63, 3.8) is 0 Å². The Balaban J connectivity index is 1.61. The average Bonchev–Trinajstić information content (AvgIpc) is 2.85. The molecule has 1 heteroatoms. The molecular formula is C22H36O. The van der Waals surface area contributed by atoms with E-state index in [-0.39, 0.29) is 0 Å². The van der Waals surface area contributed by atoms with Crippen molar-refractivity contribution < 1.29 is 4.79 Å². The lowest BCUT2D eigenvalue weighted by atomic mass is 9.44. The Morgan fingerprint density at radius 1 is 0.870 bits per heavy atom. The van der Waals surface area contributed by atoms with E-state index in [0.29, 0.717) is 22.5 Å². The fraction of sp³-hybridized carbons (Fsp3) is 0.955. The largest absolute Gasteiger partial charge is 0.300 e. The maximum atomic E-state index is 12.2. The Hall–Kier alpha value is -0.330. The molecule has 1 nitrogen and oxygen atoms in total. The van der Waals surface area contributed by atoms with Gasteiger partial charge in [0.1, 0.15) is 5.78 Å². The lowest BCUT2D eigenvalue weighted by molar-refractivity contribution is -0.135. The van der Waals surface area contributed by atoms with Crippen molar-refractivity contribution in [3.05, 3.63) is 0 Å². The van der Waals surface area contributed by atoms with Crippen LogP contribution in [0.1, 0.15) is 85.5 Å². The second kappa shape index (κ2) is 5.33. The quantitative estimate of drug-likeness (QED) is 0.591. The molecule has 0 amide bonds. The molecule has 3 unspecified atom stereocenters. The van der Waals surface area contributed by atoms with E-state index in [1.807, 2.05) is 6.92 Å². The maximum Gasteiger partial charge on any atom is 0.133 e. The Bertz CT molecular complexity index is 496. The van der Waals surface area contributed by atoms with Crippen LogP contribution in [0.5, 0.6) is 0 Å². The molecule has 4 saturated carbocycles. The zero-order chi connectivity index (χ0) is 16.4. The zero-order valence-corrected chi connectivity index (χ0v) is 15.7. The highest BCUT2D eigenvalue weighted by Crippen LogP contribution is 2.67. The van der Waals surface area contributed by atoms with Crippen molar-refractivity contribution >= 4 is 5.78 Å². The van der Waals surface area contributed by atoms with Gasteiger partial charge in [-0.1, -0.05) is 27.2 Å². The number of carbonyl (C=O) groups is 1. The third-order valence-corrected chi connectivity index (χ3v) is 9.42. The number of hydrogen-bond acceptors (Lipinski definition) is 1. The van der Waals surface area contributed by atoms with Crippen LogP contribution >= 0.6 is 0 Å². The molecular weight excluding hydrogens is 280 g/mol. The van der Waals surface area contributed by atoms with Crippen LogP contribution in [0.4, 0.5) is 0 Å². The molecule has 23 heavy (non-hydrogen) atoms. The van der Waals surface area contributed by atoms with Gasteiger partial charge < -0.3 is 0 Å².